The summed E-state index contributed by atoms with van der Waals surface area (Å²) in [5.41, 5.74) is 2.42. The van der Waals surface area contributed by atoms with Gasteiger partial charge in [-0.15, -0.1) is 0 Å². The number of nitrogens with zero attached hydrogens (tertiary/aromatic N) is 2. The molecular weight excluding hydrogens is 276 g/mol. The summed E-state index contributed by atoms with van der Waals surface area (Å²) in [7, 11) is 3.38. The molecule has 2 aromatic rings. The van der Waals surface area contributed by atoms with E-state index in [0.29, 0.717) is 22.8 Å². The molecule has 0 fully saturated rings. The maximum Gasteiger partial charge on any atom is 0.172 e. The molecule has 0 aliphatic rings. The van der Waals surface area contributed by atoms with Gasteiger partial charge in [0.25, 0.3) is 0 Å². The number of carbonyl (C=O) groups excluding carboxylic acids is 1. The maximum absolute atomic E-state index is 12.4. The molecule has 0 saturated heterocycles. The van der Waals surface area contributed by atoms with Crippen molar-refractivity contribution in [2.24, 2.45) is 7.05 Å². The summed E-state index contributed by atoms with van der Waals surface area (Å²) < 4.78 is 6.96. The van der Waals surface area contributed by atoms with Crippen molar-refractivity contribution >= 4 is 17.4 Å². The molecule has 0 aliphatic carbocycles. The SMILES string of the molecule is CCc1cc(CC(=O)c2ccc(Cl)cc2OC)n(C)n1. The third kappa shape index (κ3) is 3.02. The fourth-order valence-electron chi connectivity index (χ4n) is 2.06. The Morgan fingerprint density at radius 3 is 2.75 bits per heavy atom. The molecule has 0 saturated carbocycles. The molecule has 0 radical (unpaired) electrons. The molecule has 4 nitrogen and oxygen atoms in total. The first-order chi connectivity index (χ1) is 9.55. The Kier molecular flexibility index (Phi) is 4.45. The molecule has 0 unspecified atom stereocenters. The van der Waals surface area contributed by atoms with E-state index in [-0.39, 0.29) is 5.78 Å². The van der Waals surface area contributed by atoms with Gasteiger partial charge in [-0.05, 0) is 30.7 Å². The first-order valence-electron chi connectivity index (χ1n) is 6.43. The largest absolute Gasteiger partial charge is 0.496 e. The topological polar surface area (TPSA) is 44.1 Å². The highest BCUT2D eigenvalue weighted by Crippen LogP contribution is 2.24. The molecule has 20 heavy (non-hydrogen) atoms. The zero-order valence-electron chi connectivity index (χ0n) is 11.8. The molecule has 0 N–H and O–H groups in total. The van der Waals surface area contributed by atoms with Gasteiger partial charge in [-0.1, -0.05) is 18.5 Å². The minimum atomic E-state index is -0.0100. The highest BCUT2D eigenvalue weighted by Gasteiger charge is 2.15. The summed E-state index contributed by atoms with van der Waals surface area (Å²) >= 11 is 5.90. The molecule has 5 heteroatoms. The Bertz CT molecular complexity index is 635. The molecule has 1 heterocycles. The van der Waals surface area contributed by atoms with Crippen LogP contribution in [0.3, 0.4) is 0 Å². The van der Waals surface area contributed by atoms with Crippen LogP contribution in [0.5, 0.6) is 5.75 Å². The number of hydrogen-bond acceptors (Lipinski definition) is 3. The molecule has 0 bridgehead atoms. The third-order valence-corrected chi connectivity index (χ3v) is 3.43. The number of Topliss-reactive ketones (excluding diaryl/α,β-unsaturated/α-hetero) is 1. The van der Waals surface area contributed by atoms with E-state index in [4.69, 9.17) is 16.3 Å². The monoisotopic (exact) mass is 292 g/mol. The minimum Gasteiger partial charge on any atom is -0.496 e. The lowest BCUT2D eigenvalue weighted by molar-refractivity contribution is 0.0988. The van der Waals surface area contributed by atoms with E-state index >= 15 is 0 Å². The smallest absolute Gasteiger partial charge is 0.172 e. The van der Waals surface area contributed by atoms with Gasteiger partial charge in [-0.2, -0.15) is 5.10 Å². The fourth-order valence-corrected chi connectivity index (χ4v) is 2.23. The second-order valence-electron chi connectivity index (χ2n) is 4.55. The van der Waals surface area contributed by atoms with Gasteiger partial charge < -0.3 is 4.74 Å². The quantitative estimate of drug-likeness (QED) is 0.796. The lowest BCUT2D eigenvalue weighted by Gasteiger charge is -2.08. The molecule has 0 spiro atoms. The second kappa shape index (κ2) is 6.09. The number of ketones is 1. The molecular formula is C15H17ClN2O2. The van der Waals surface area contributed by atoms with E-state index in [0.717, 1.165) is 17.8 Å². The van der Waals surface area contributed by atoms with Gasteiger partial charge >= 0.3 is 0 Å². The number of aromatic nitrogens is 2. The molecule has 2 rings (SSSR count). The van der Waals surface area contributed by atoms with Crippen molar-refractivity contribution in [1.82, 2.24) is 9.78 Å². The Morgan fingerprint density at radius 2 is 2.15 bits per heavy atom. The van der Waals surface area contributed by atoms with Crippen molar-refractivity contribution < 1.29 is 9.53 Å². The van der Waals surface area contributed by atoms with Crippen LogP contribution in [-0.2, 0) is 19.9 Å². The van der Waals surface area contributed by atoms with E-state index in [1.807, 2.05) is 20.0 Å². The molecule has 0 aliphatic heterocycles. The van der Waals surface area contributed by atoms with Crippen molar-refractivity contribution in [1.29, 1.82) is 0 Å². The maximum atomic E-state index is 12.4. The Labute approximate surface area is 123 Å². The van der Waals surface area contributed by atoms with E-state index in [9.17, 15) is 4.79 Å². The summed E-state index contributed by atoms with van der Waals surface area (Å²) in [4.78, 5) is 12.4. The molecule has 0 amide bonds. The molecule has 1 aromatic heterocycles. The molecule has 0 atom stereocenters. The number of aryl methyl sites for hydroxylation is 2. The first-order valence-corrected chi connectivity index (χ1v) is 6.81. The lowest BCUT2D eigenvalue weighted by atomic mass is 10.1. The predicted octanol–water partition coefficient (Wildman–Crippen LogP) is 3.07. The first kappa shape index (κ1) is 14.6. The number of carbonyl (C=O) groups is 1. The molecule has 106 valence electrons. The Morgan fingerprint density at radius 1 is 1.40 bits per heavy atom. The van der Waals surface area contributed by atoms with Crippen molar-refractivity contribution in [2.45, 2.75) is 19.8 Å². The summed E-state index contributed by atoms with van der Waals surface area (Å²) in [5.74, 6) is 0.490. The van der Waals surface area contributed by atoms with Crippen LogP contribution in [0.1, 0.15) is 28.7 Å². The fraction of sp³-hybridized carbons (Fsp3) is 0.333. The van der Waals surface area contributed by atoms with Crippen LogP contribution in [0.25, 0.3) is 0 Å². The van der Waals surface area contributed by atoms with Crippen LogP contribution in [0.4, 0.5) is 0 Å². The standard InChI is InChI=1S/C15H17ClN2O2/c1-4-11-8-12(18(2)17-11)9-14(19)13-6-5-10(16)7-15(13)20-3/h5-8H,4,9H2,1-3H3. The predicted molar refractivity (Wildman–Crippen MR) is 78.6 cm³/mol. The zero-order valence-corrected chi connectivity index (χ0v) is 12.6. The average Bonchev–Trinajstić information content (AvgIpc) is 2.79. The van der Waals surface area contributed by atoms with Crippen LogP contribution in [0.15, 0.2) is 24.3 Å². The Balaban J connectivity index is 2.25. The number of methoxy groups -OCH3 is 1. The van der Waals surface area contributed by atoms with Crippen LogP contribution in [-0.4, -0.2) is 22.7 Å². The lowest BCUT2D eigenvalue weighted by Crippen LogP contribution is -2.09. The van der Waals surface area contributed by atoms with Crippen LogP contribution < -0.4 is 4.74 Å². The van der Waals surface area contributed by atoms with Gasteiger partial charge in [-0.3, -0.25) is 9.48 Å². The van der Waals surface area contributed by atoms with Gasteiger partial charge in [0.2, 0.25) is 0 Å². The van der Waals surface area contributed by atoms with E-state index in [1.54, 1.807) is 22.9 Å². The summed E-state index contributed by atoms with van der Waals surface area (Å²) in [6.07, 6.45) is 1.15. The number of hydrogen-bond donors (Lipinski definition) is 0. The summed E-state index contributed by atoms with van der Waals surface area (Å²) in [6, 6.07) is 6.99. The summed E-state index contributed by atoms with van der Waals surface area (Å²) in [6.45, 7) is 2.04. The van der Waals surface area contributed by atoms with Gasteiger partial charge in [0.1, 0.15) is 5.75 Å². The highest BCUT2D eigenvalue weighted by molar-refractivity contribution is 6.30. The van der Waals surface area contributed by atoms with Gasteiger partial charge in [-0.25, -0.2) is 0 Å². The number of rotatable bonds is 5. The van der Waals surface area contributed by atoms with E-state index in [1.165, 1.54) is 7.11 Å². The zero-order chi connectivity index (χ0) is 14.7. The third-order valence-electron chi connectivity index (χ3n) is 3.20. The van der Waals surface area contributed by atoms with Gasteiger partial charge in [0.05, 0.1) is 24.8 Å². The second-order valence-corrected chi connectivity index (χ2v) is 4.99. The van der Waals surface area contributed by atoms with Crippen molar-refractivity contribution in [2.75, 3.05) is 7.11 Å². The molecule has 1 aromatic carbocycles. The van der Waals surface area contributed by atoms with Crippen LogP contribution in [0.2, 0.25) is 5.02 Å². The van der Waals surface area contributed by atoms with E-state index in [2.05, 4.69) is 5.10 Å². The number of benzene rings is 1. The average molecular weight is 293 g/mol. The number of ether oxygens (including phenoxy) is 1. The van der Waals surface area contributed by atoms with Gasteiger partial charge in [0.15, 0.2) is 5.78 Å². The highest BCUT2D eigenvalue weighted by atomic mass is 35.5. The van der Waals surface area contributed by atoms with Crippen LogP contribution >= 0.6 is 11.6 Å². The van der Waals surface area contributed by atoms with Crippen molar-refractivity contribution in [3.05, 3.63) is 46.2 Å². The van der Waals surface area contributed by atoms with Gasteiger partial charge in [0, 0.05) is 17.8 Å². The van der Waals surface area contributed by atoms with Crippen molar-refractivity contribution in [3.8, 4) is 5.75 Å². The van der Waals surface area contributed by atoms with Crippen LogP contribution in [0, 0.1) is 0 Å². The van der Waals surface area contributed by atoms with Crippen molar-refractivity contribution in [3.63, 3.8) is 0 Å². The Hall–Kier alpha value is -1.81. The normalized spacial score (nSPS) is 10.6. The van der Waals surface area contributed by atoms with E-state index < -0.39 is 0 Å². The summed E-state index contributed by atoms with van der Waals surface area (Å²) in [5, 5.41) is 4.89. The number of halogens is 1. The minimum absolute atomic E-state index is 0.0100.